The van der Waals surface area contributed by atoms with Crippen molar-refractivity contribution < 1.29 is 62.8 Å². The van der Waals surface area contributed by atoms with E-state index >= 15 is 0 Å². The normalized spacial score (nSPS) is 14.8. The molecule has 0 saturated carbocycles. The molecule has 5 N–H and O–H groups in total. The summed E-state index contributed by atoms with van der Waals surface area (Å²) in [5.41, 5.74) is 0. The number of aliphatic hydroxyl groups is 3. The Labute approximate surface area is 299 Å². The van der Waals surface area contributed by atoms with Crippen LogP contribution in [0.3, 0.4) is 0 Å². The van der Waals surface area contributed by atoms with Gasteiger partial charge in [0.05, 0.1) is 25.9 Å². The Hall–Kier alpha value is -2.12. The van der Waals surface area contributed by atoms with Gasteiger partial charge in [0.25, 0.3) is 0 Å². The molecule has 0 aliphatic rings. The second kappa shape index (κ2) is 32.8. The third-order valence-corrected chi connectivity index (χ3v) is 8.73. The molecule has 0 aliphatic carbocycles. The molecule has 0 aromatic carbocycles. The number of ether oxygens (including phenoxy) is 2. The molecule has 0 heterocycles. The zero-order valence-electron chi connectivity index (χ0n) is 30.2. The van der Waals surface area contributed by atoms with Crippen molar-refractivity contribution in [2.75, 3.05) is 26.4 Å². The van der Waals surface area contributed by atoms with Gasteiger partial charge in [0.15, 0.2) is 6.10 Å². The van der Waals surface area contributed by atoms with E-state index in [4.69, 9.17) is 24.2 Å². The second-order valence-corrected chi connectivity index (χ2v) is 14.1. The van der Waals surface area contributed by atoms with Gasteiger partial charge in [-0.25, -0.2) is 9.36 Å². The van der Waals surface area contributed by atoms with Gasteiger partial charge < -0.3 is 34.8 Å². The maximum absolute atomic E-state index is 12.5. The number of carbonyl (C=O) groups excluding carboxylic acids is 2. The van der Waals surface area contributed by atoms with Gasteiger partial charge in [-0.2, -0.15) is 0 Å². The molecule has 0 aliphatic heterocycles. The van der Waals surface area contributed by atoms with Crippen molar-refractivity contribution in [1.82, 2.24) is 0 Å². The van der Waals surface area contributed by atoms with Crippen LogP contribution in [0.1, 0.15) is 142 Å². The highest BCUT2D eigenvalue weighted by Gasteiger charge is 2.27. The fourth-order valence-corrected chi connectivity index (χ4v) is 5.64. The van der Waals surface area contributed by atoms with Crippen molar-refractivity contribution in [3.8, 4) is 0 Å². The first-order chi connectivity index (χ1) is 24.0. The first-order valence-electron chi connectivity index (χ1n) is 18.5. The highest BCUT2D eigenvalue weighted by Crippen LogP contribution is 2.43. The Balaban J connectivity index is 4.42. The summed E-state index contributed by atoms with van der Waals surface area (Å²) < 4.78 is 32.3. The van der Waals surface area contributed by atoms with Crippen molar-refractivity contribution in [3.05, 3.63) is 24.3 Å². The minimum Gasteiger partial charge on any atom is -0.478 e. The van der Waals surface area contributed by atoms with Crippen molar-refractivity contribution >= 4 is 25.7 Å². The number of hydrogen-bond acceptors (Lipinski definition) is 11. The van der Waals surface area contributed by atoms with Crippen LogP contribution < -0.4 is 0 Å². The van der Waals surface area contributed by atoms with Gasteiger partial charge in [-0.1, -0.05) is 96.1 Å². The summed E-state index contributed by atoms with van der Waals surface area (Å²) in [7, 11) is -4.66. The van der Waals surface area contributed by atoms with Crippen molar-refractivity contribution in [2.45, 2.75) is 160 Å². The first-order valence-corrected chi connectivity index (χ1v) is 20.0. The second-order valence-electron chi connectivity index (χ2n) is 12.6. The number of phosphoric acid groups is 1. The maximum Gasteiger partial charge on any atom is 0.472 e. The molecule has 0 spiro atoms. The third kappa shape index (κ3) is 33.0. The van der Waals surface area contributed by atoms with Crippen LogP contribution in [0.4, 0.5) is 0 Å². The van der Waals surface area contributed by atoms with E-state index in [-0.39, 0.29) is 19.4 Å². The standard InChI is InChI=1S/C36H65O13P/c1-2-3-4-5-6-7-8-9-10-11-12-13-14-17-20-23-35(42)46-29-33(30-48-50(44,45)47-28-32(39)27-37)49-36(43)24-21-18-15-16-19-22-31(38)25-26-34(40)41/h9-10,25-26,31-33,37-39H,2-8,11-24,27-30H2,1H3,(H,40,41)(H,44,45)/b10-9-,26-25+/t31?,32-,33+/m0/s1. The van der Waals surface area contributed by atoms with Gasteiger partial charge in [-0.05, 0) is 51.0 Å². The summed E-state index contributed by atoms with van der Waals surface area (Å²) in [6.45, 7) is -0.0933. The molecular weight excluding hydrogens is 671 g/mol. The lowest BCUT2D eigenvalue weighted by Gasteiger charge is -2.20. The molecule has 0 aromatic heterocycles. The molecule has 292 valence electrons. The molecule has 4 atom stereocenters. The van der Waals surface area contributed by atoms with Crippen LogP contribution in [0.15, 0.2) is 24.3 Å². The number of unbranched alkanes of at least 4 members (excludes halogenated alkanes) is 15. The first kappa shape index (κ1) is 47.9. The monoisotopic (exact) mass is 736 g/mol. The minimum absolute atomic E-state index is 0.0549. The van der Waals surface area contributed by atoms with Gasteiger partial charge >= 0.3 is 25.7 Å². The molecule has 50 heavy (non-hydrogen) atoms. The Kier molecular flexibility index (Phi) is 31.4. The van der Waals surface area contributed by atoms with Crippen LogP contribution in [0.5, 0.6) is 0 Å². The lowest BCUT2D eigenvalue weighted by atomic mass is 10.1. The largest absolute Gasteiger partial charge is 0.478 e. The van der Waals surface area contributed by atoms with Crippen LogP contribution in [-0.2, 0) is 37.5 Å². The van der Waals surface area contributed by atoms with E-state index in [2.05, 4.69) is 23.6 Å². The van der Waals surface area contributed by atoms with Gasteiger partial charge in [-0.3, -0.25) is 18.6 Å². The summed E-state index contributed by atoms with van der Waals surface area (Å²) in [6, 6.07) is 0. The number of aliphatic carboxylic acids is 1. The Bertz CT molecular complexity index is 972. The highest BCUT2D eigenvalue weighted by atomic mass is 31.2. The van der Waals surface area contributed by atoms with E-state index in [9.17, 15) is 34.1 Å². The average Bonchev–Trinajstić information content (AvgIpc) is 3.08. The highest BCUT2D eigenvalue weighted by molar-refractivity contribution is 7.47. The maximum atomic E-state index is 12.5. The molecule has 14 heteroatoms. The number of carboxylic acids is 1. The van der Waals surface area contributed by atoms with E-state index in [1.807, 2.05) is 0 Å². The zero-order valence-corrected chi connectivity index (χ0v) is 31.1. The summed E-state index contributed by atoms with van der Waals surface area (Å²) in [4.78, 5) is 45.2. The van der Waals surface area contributed by atoms with E-state index in [0.29, 0.717) is 32.1 Å². The Morgan fingerprint density at radius 2 is 1.22 bits per heavy atom. The molecular formula is C36H65O13P. The molecule has 0 amide bonds. The van der Waals surface area contributed by atoms with Gasteiger partial charge in [0.1, 0.15) is 12.7 Å². The molecule has 0 radical (unpaired) electrons. The topological polar surface area (TPSA) is 206 Å². The van der Waals surface area contributed by atoms with Gasteiger partial charge in [-0.15, -0.1) is 0 Å². The van der Waals surface area contributed by atoms with E-state index in [0.717, 1.165) is 57.4 Å². The predicted molar refractivity (Wildman–Crippen MR) is 190 cm³/mol. The third-order valence-electron chi connectivity index (χ3n) is 7.78. The van der Waals surface area contributed by atoms with E-state index < -0.39 is 63.9 Å². The quantitative estimate of drug-likeness (QED) is 0.0151. The molecule has 0 fully saturated rings. The van der Waals surface area contributed by atoms with Gasteiger partial charge in [0.2, 0.25) is 0 Å². The van der Waals surface area contributed by atoms with Crippen LogP contribution >= 0.6 is 7.82 Å². The molecule has 2 unspecified atom stereocenters. The lowest BCUT2D eigenvalue weighted by molar-refractivity contribution is -0.161. The predicted octanol–water partition coefficient (Wildman–Crippen LogP) is 6.70. The number of esters is 2. The average molecular weight is 737 g/mol. The molecule has 0 saturated heterocycles. The molecule has 0 bridgehead atoms. The van der Waals surface area contributed by atoms with Crippen molar-refractivity contribution in [1.29, 1.82) is 0 Å². The lowest BCUT2D eigenvalue weighted by Crippen LogP contribution is -2.29. The summed E-state index contributed by atoms with van der Waals surface area (Å²) in [5.74, 6) is -2.21. The molecule has 13 nitrogen and oxygen atoms in total. The van der Waals surface area contributed by atoms with Crippen molar-refractivity contribution in [2.24, 2.45) is 0 Å². The van der Waals surface area contributed by atoms with E-state index in [1.54, 1.807) is 0 Å². The zero-order chi connectivity index (χ0) is 37.3. The summed E-state index contributed by atoms with van der Waals surface area (Å²) in [6.07, 6.45) is 22.2. The smallest absolute Gasteiger partial charge is 0.472 e. The Morgan fingerprint density at radius 3 is 1.80 bits per heavy atom. The number of hydrogen-bond donors (Lipinski definition) is 5. The number of carboxylic acid groups (broad SMARTS) is 1. The van der Waals surface area contributed by atoms with Crippen LogP contribution in [0.2, 0.25) is 0 Å². The number of allylic oxidation sites excluding steroid dienone is 2. The number of phosphoric ester groups is 1. The van der Waals surface area contributed by atoms with Crippen LogP contribution in [0, 0.1) is 0 Å². The van der Waals surface area contributed by atoms with Gasteiger partial charge in [0, 0.05) is 18.9 Å². The molecule has 0 aromatic rings. The van der Waals surface area contributed by atoms with Crippen LogP contribution in [-0.4, -0.2) is 88.0 Å². The fraction of sp³-hybridized carbons (Fsp3) is 0.806. The number of aliphatic hydroxyl groups excluding tert-OH is 3. The van der Waals surface area contributed by atoms with Crippen LogP contribution in [0.25, 0.3) is 0 Å². The fourth-order valence-electron chi connectivity index (χ4n) is 4.85. The number of rotatable bonds is 35. The Morgan fingerprint density at radius 1 is 0.700 bits per heavy atom. The minimum atomic E-state index is -4.66. The SMILES string of the molecule is CCCCCCCC/C=C\CCCCCCCC(=O)OC[C@H](COP(=O)(O)OC[C@@H](O)CO)OC(=O)CCCCCCCC(O)/C=C/C(=O)O. The summed E-state index contributed by atoms with van der Waals surface area (Å²) >= 11 is 0. The van der Waals surface area contributed by atoms with Crippen molar-refractivity contribution in [3.63, 3.8) is 0 Å². The number of carbonyl (C=O) groups is 3. The molecule has 0 rings (SSSR count). The van der Waals surface area contributed by atoms with E-state index in [1.165, 1.54) is 44.6 Å². The summed E-state index contributed by atoms with van der Waals surface area (Å²) in [5, 5.41) is 36.5.